The second-order valence-corrected chi connectivity index (χ2v) is 4.93. The molecule has 0 aromatic carbocycles. The van der Waals surface area contributed by atoms with Gasteiger partial charge in [0, 0.05) is 13.0 Å². The van der Waals surface area contributed by atoms with E-state index in [1.165, 1.54) is 12.8 Å². The third kappa shape index (κ3) is 3.96. The number of rotatable bonds is 7. The summed E-state index contributed by atoms with van der Waals surface area (Å²) in [6, 6.07) is 0. The molecule has 0 bridgehead atoms. The van der Waals surface area contributed by atoms with Crippen molar-refractivity contribution in [3.8, 4) is 0 Å². The van der Waals surface area contributed by atoms with Gasteiger partial charge in [0.2, 0.25) is 0 Å². The molecule has 0 aromatic rings. The minimum absolute atomic E-state index is 0.101. The van der Waals surface area contributed by atoms with Crippen LogP contribution in [0.3, 0.4) is 0 Å². The van der Waals surface area contributed by atoms with Crippen molar-refractivity contribution in [2.45, 2.75) is 63.5 Å². The first-order valence-electron chi connectivity index (χ1n) is 6.68. The number of unbranched alkanes of at least 4 members (excludes halogenated alkanes) is 2. The molecule has 0 amide bonds. The van der Waals surface area contributed by atoms with Crippen LogP contribution in [-0.4, -0.2) is 36.4 Å². The van der Waals surface area contributed by atoms with E-state index in [-0.39, 0.29) is 6.10 Å². The molecule has 1 saturated carbocycles. The van der Waals surface area contributed by atoms with Crippen molar-refractivity contribution in [3.05, 3.63) is 0 Å². The molecule has 2 unspecified atom stereocenters. The summed E-state index contributed by atoms with van der Waals surface area (Å²) in [7, 11) is 1.73. The summed E-state index contributed by atoms with van der Waals surface area (Å²) in [6.45, 7) is 2.93. The highest BCUT2D eigenvalue weighted by Crippen LogP contribution is 2.30. The molecule has 4 heteroatoms. The van der Waals surface area contributed by atoms with Gasteiger partial charge in [-0.3, -0.25) is 4.79 Å². The first-order chi connectivity index (χ1) is 8.14. The summed E-state index contributed by atoms with van der Waals surface area (Å²) in [5, 5.41) is 12.3. The number of carboxylic acid groups (broad SMARTS) is 1. The Morgan fingerprint density at radius 2 is 2.29 bits per heavy atom. The molecule has 1 aliphatic rings. The van der Waals surface area contributed by atoms with Crippen molar-refractivity contribution in [3.63, 3.8) is 0 Å². The molecule has 0 spiro atoms. The van der Waals surface area contributed by atoms with Gasteiger partial charge in [0.1, 0.15) is 5.54 Å². The van der Waals surface area contributed by atoms with Crippen molar-refractivity contribution in [1.29, 1.82) is 0 Å². The average molecular weight is 243 g/mol. The van der Waals surface area contributed by atoms with Gasteiger partial charge >= 0.3 is 5.97 Å². The second-order valence-electron chi connectivity index (χ2n) is 4.93. The fourth-order valence-electron chi connectivity index (χ4n) is 2.50. The van der Waals surface area contributed by atoms with Crippen LogP contribution >= 0.6 is 0 Å². The van der Waals surface area contributed by atoms with E-state index in [4.69, 9.17) is 4.74 Å². The number of likely N-dealkylation sites (N-methyl/N-ethyl adjacent to an activating group) is 1. The van der Waals surface area contributed by atoms with Crippen LogP contribution in [0.4, 0.5) is 0 Å². The van der Waals surface area contributed by atoms with Gasteiger partial charge in [0.05, 0.1) is 6.10 Å². The normalized spacial score (nSPS) is 29.2. The van der Waals surface area contributed by atoms with Gasteiger partial charge in [-0.05, 0) is 32.7 Å². The molecule has 0 heterocycles. The topological polar surface area (TPSA) is 58.6 Å². The molecule has 0 aromatic heterocycles. The number of hydrogen-bond donors (Lipinski definition) is 2. The Hall–Kier alpha value is -0.610. The molecule has 17 heavy (non-hydrogen) atoms. The minimum atomic E-state index is -0.770. The van der Waals surface area contributed by atoms with Crippen molar-refractivity contribution in [2.75, 3.05) is 13.7 Å². The predicted molar refractivity (Wildman–Crippen MR) is 67.2 cm³/mol. The summed E-state index contributed by atoms with van der Waals surface area (Å²) in [6.07, 6.45) is 6.75. The summed E-state index contributed by atoms with van der Waals surface area (Å²) in [5.74, 6) is -0.748. The molecule has 2 N–H and O–H groups in total. The van der Waals surface area contributed by atoms with Gasteiger partial charge in [0.15, 0.2) is 0 Å². The maximum Gasteiger partial charge on any atom is 0.323 e. The number of aliphatic carboxylic acids is 1. The summed E-state index contributed by atoms with van der Waals surface area (Å²) >= 11 is 0. The van der Waals surface area contributed by atoms with Gasteiger partial charge < -0.3 is 15.2 Å². The first-order valence-corrected chi connectivity index (χ1v) is 6.68. The third-order valence-corrected chi connectivity index (χ3v) is 3.70. The maximum absolute atomic E-state index is 11.3. The predicted octanol–water partition coefficient (Wildman–Crippen LogP) is 2.18. The molecule has 1 rings (SSSR count). The van der Waals surface area contributed by atoms with Gasteiger partial charge in [0.25, 0.3) is 0 Å². The van der Waals surface area contributed by atoms with E-state index in [0.29, 0.717) is 12.8 Å². The number of carboxylic acids is 1. The first kappa shape index (κ1) is 14.5. The number of hydrogen-bond acceptors (Lipinski definition) is 3. The zero-order chi connectivity index (χ0) is 12.7. The van der Waals surface area contributed by atoms with Crippen molar-refractivity contribution in [2.24, 2.45) is 0 Å². The van der Waals surface area contributed by atoms with Crippen LogP contribution in [-0.2, 0) is 9.53 Å². The highest BCUT2D eigenvalue weighted by Gasteiger charge is 2.41. The van der Waals surface area contributed by atoms with Gasteiger partial charge in [-0.25, -0.2) is 0 Å². The zero-order valence-corrected chi connectivity index (χ0v) is 11.0. The summed E-state index contributed by atoms with van der Waals surface area (Å²) in [5.41, 5.74) is -0.770. The molecule has 1 fully saturated rings. The molecule has 1 aliphatic carbocycles. The lowest BCUT2D eigenvalue weighted by atomic mass is 9.80. The zero-order valence-electron chi connectivity index (χ0n) is 11.0. The van der Waals surface area contributed by atoms with Crippen molar-refractivity contribution >= 4 is 5.97 Å². The number of ether oxygens (including phenoxy) is 1. The molecule has 0 saturated heterocycles. The van der Waals surface area contributed by atoms with Crippen molar-refractivity contribution < 1.29 is 14.6 Å². The summed E-state index contributed by atoms with van der Waals surface area (Å²) in [4.78, 5) is 11.3. The smallest absolute Gasteiger partial charge is 0.323 e. The fraction of sp³-hybridized carbons (Fsp3) is 0.923. The van der Waals surface area contributed by atoms with E-state index in [1.807, 2.05) is 0 Å². The minimum Gasteiger partial charge on any atom is -0.480 e. The van der Waals surface area contributed by atoms with Gasteiger partial charge in [-0.1, -0.05) is 19.8 Å². The lowest BCUT2D eigenvalue weighted by molar-refractivity contribution is -0.148. The largest absolute Gasteiger partial charge is 0.480 e. The maximum atomic E-state index is 11.3. The lowest BCUT2D eigenvalue weighted by Gasteiger charge is -2.37. The molecular weight excluding hydrogens is 218 g/mol. The standard InChI is InChI=1S/C13H25NO3/c1-3-4-5-9-17-11-7-6-8-13(10-11,14-2)12(15)16/h11,14H,3-10H2,1-2H3,(H,15,16). The Labute approximate surface area is 104 Å². The molecule has 4 nitrogen and oxygen atoms in total. The van der Waals surface area contributed by atoms with Crippen LogP contribution in [0.1, 0.15) is 51.9 Å². The summed E-state index contributed by atoms with van der Waals surface area (Å²) < 4.78 is 5.79. The van der Waals surface area contributed by atoms with Crippen LogP contribution in [0.2, 0.25) is 0 Å². The average Bonchev–Trinajstić information content (AvgIpc) is 2.34. The van der Waals surface area contributed by atoms with E-state index >= 15 is 0 Å². The molecule has 0 aliphatic heterocycles. The van der Waals surface area contributed by atoms with E-state index < -0.39 is 11.5 Å². The van der Waals surface area contributed by atoms with E-state index in [2.05, 4.69) is 12.2 Å². The lowest BCUT2D eigenvalue weighted by Crippen LogP contribution is -2.54. The second kappa shape index (κ2) is 6.97. The van der Waals surface area contributed by atoms with Crippen LogP contribution in [0.15, 0.2) is 0 Å². The molecule has 2 atom stereocenters. The van der Waals surface area contributed by atoms with Crippen LogP contribution in [0.5, 0.6) is 0 Å². The van der Waals surface area contributed by atoms with Gasteiger partial charge in [-0.15, -0.1) is 0 Å². The van der Waals surface area contributed by atoms with Gasteiger partial charge in [-0.2, -0.15) is 0 Å². The van der Waals surface area contributed by atoms with Crippen LogP contribution in [0.25, 0.3) is 0 Å². The molecular formula is C13H25NO3. The quantitative estimate of drug-likeness (QED) is 0.673. The van der Waals surface area contributed by atoms with Crippen LogP contribution < -0.4 is 5.32 Å². The SMILES string of the molecule is CCCCCOC1CCCC(NC)(C(=O)O)C1. The molecule has 100 valence electrons. The highest BCUT2D eigenvalue weighted by molar-refractivity contribution is 5.79. The Morgan fingerprint density at radius 3 is 2.88 bits per heavy atom. The monoisotopic (exact) mass is 243 g/mol. The fourth-order valence-corrected chi connectivity index (χ4v) is 2.50. The van der Waals surface area contributed by atoms with E-state index in [0.717, 1.165) is 25.9 Å². The van der Waals surface area contributed by atoms with E-state index in [1.54, 1.807) is 7.05 Å². The Balaban J connectivity index is 2.40. The number of carbonyl (C=O) groups is 1. The Bertz CT molecular complexity index is 245. The van der Waals surface area contributed by atoms with E-state index in [9.17, 15) is 9.90 Å². The highest BCUT2D eigenvalue weighted by atomic mass is 16.5. The number of nitrogens with one attached hydrogen (secondary N) is 1. The Kier molecular flexibility index (Phi) is 5.92. The Morgan fingerprint density at radius 1 is 1.53 bits per heavy atom. The molecule has 0 radical (unpaired) electrons. The third-order valence-electron chi connectivity index (χ3n) is 3.70. The van der Waals surface area contributed by atoms with Crippen molar-refractivity contribution in [1.82, 2.24) is 5.32 Å². The van der Waals surface area contributed by atoms with Crippen LogP contribution in [0, 0.1) is 0 Å².